The Balaban J connectivity index is 2.13. The molecule has 7 nitrogen and oxygen atoms in total. The molecule has 1 amide bonds. The number of aromatic nitrogens is 1. The number of rotatable bonds is 3. The summed E-state index contributed by atoms with van der Waals surface area (Å²) in [7, 11) is 1.31. The van der Waals surface area contributed by atoms with Crippen molar-refractivity contribution in [3.8, 4) is 0 Å². The van der Waals surface area contributed by atoms with E-state index in [1.54, 1.807) is 13.0 Å². The maximum Gasteiger partial charge on any atom is 0.340 e. The summed E-state index contributed by atoms with van der Waals surface area (Å²) in [6, 6.07) is 1.72. The Morgan fingerprint density at radius 2 is 2.21 bits per heavy atom. The Bertz CT molecular complexity index is 742. The summed E-state index contributed by atoms with van der Waals surface area (Å²) < 4.78 is 10.3. The molecule has 0 aromatic carbocycles. The molecule has 0 fully saturated rings. The second kappa shape index (κ2) is 5.98. The molecule has 1 unspecified atom stereocenters. The molecule has 2 aliphatic heterocycles. The van der Waals surface area contributed by atoms with Crippen LogP contribution in [0.3, 0.4) is 0 Å². The molecule has 2 aliphatic rings. The molecule has 0 aliphatic carbocycles. The van der Waals surface area contributed by atoms with E-state index in [0.29, 0.717) is 31.2 Å². The number of carbonyl (C=O) groups is 2. The highest BCUT2D eigenvalue weighted by atomic mass is 16.5. The lowest BCUT2D eigenvalue weighted by Crippen LogP contribution is -2.41. The topological polar surface area (TPSA) is 89.9 Å². The van der Waals surface area contributed by atoms with E-state index >= 15 is 0 Å². The number of methoxy groups -OCH3 is 1. The smallest absolute Gasteiger partial charge is 0.340 e. The molecule has 7 heteroatoms. The zero-order chi connectivity index (χ0) is 17.5. The third-order valence-electron chi connectivity index (χ3n) is 4.72. The van der Waals surface area contributed by atoms with Crippen LogP contribution in [0.4, 0.5) is 0 Å². The van der Waals surface area contributed by atoms with Gasteiger partial charge in [-0.1, -0.05) is 13.8 Å². The van der Waals surface area contributed by atoms with Crippen LogP contribution in [0.5, 0.6) is 0 Å². The van der Waals surface area contributed by atoms with Crippen molar-refractivity contribution in [1.82, 2.24) is 10.3 Å². The van der Waals surface area contributed by atoms with Gasteiger partial charge in [-0.2, -0.15) is 0 Å². The molecule has 24 heavy (non-hydrogen) atoms. The van der Waals surface area contributed by atoms with Gasteiger partial charge in [0.15, 0.2) is 5.84 Å². The third-order valence-corrected chi connectivity index (χ3v) is 4.72. The largest absolute Gasteiger partial charge is 0.465 e. The Morgan fingerprint density at radius 1 is 1.46 bits per heavy atom. The molecule has 3 heterocycles. The van der Waals surface area contributed by atoms with Gasteiger partial charge in [0.2, 0.25) is 0 Å². The van der Waals surface area contributed by atoms with E-state index in [9.17, 15) is 9.59 Å². The highest BCUT2D eigenvalue weighted by Gasteiger charge is 2.43. The minimum Gasteiger partial charge on any atom is -0.465 e. The standard InChI is InChI=1S/C17H21N3O4/c1-9(2)17(3)16(22)19-14(20-17)13-11(15(21)23-4)7-10-8-24-6-5-12(10)18-13/h7,9H,5-6,8H2,1-4H3,(H,19,20,22). The van der Waals surface area contributed by atoms with Gasteiger partial charge in [0.1, 0.15) is 11.2 Å². The number of hydrogen-bond acceptors (Lipinski definition) is 6. The van der Waals surface area contributed by atoms with E-state index in [0.717, 1.165) is 11.3 Å². The Hall–Kier alpha value is -2.28. The number of aliphatic imine (C=N–C) groups is 1. The molecule has 0 radical (unpaired) electrons. The summed E-state index contributed by atoms with van der Waals surface area (Å²) in [6.07, 6.45) is 0.659. The van der Waals surface area contributed by atoms with Crippen LogP contribution < -0.4 is 5.32 Å². The molecule has 1 aromatic rings. The van der Waals surface area contributed by atoms with Crippen LogP contribution in [0.2, 0.25) is 0 Å². The molecule has 128 valence electrons. The minimum atomic E-state index is -0.872. The quantitative estimate of drug-likeness (QED) is 0.842. The van der Waals surface area contributed by atoms with E-state index in [-0.39, 0.29) is 17.4 Å². The third kappa shape index (κ3) is 2.58. The van der Waals surface area contributed by atoms with E-state index < -0.39 is 11.5 Å². The highest BCUT2D eigenvalue weighted by molar-refractivity contribution is 6.17. The van der Waals surface area contributed by atoms with Crippen molar-refractivity contribution >= 4 is 17.7 Å². The number of amidine groups is 1. The minimum absolute atomic E-state index is 0.0163. The van der Waals surface area contributed by atoms with Gasteiger partial charge in [-0.05, 0) is 18.9 Å². The van der Waals surface area contributed by atoms with Gasteiger partial charge in [0.05, 0.1) is 25.9 Å². The number of nitrogens with zero attached hydrogens (tertiary/aromatic N) is 2. The van der Waals surface area contributed by atoms with Crippen LogP contribution in [0, 0.1) is 5.92 Å². The van der Waals surface area contributed by atoms with Gasteiger partial charge in [-0.3, -0.25) is 4.79 Å². The predicted octanol–water partition coefficient (Wildman–Crippen LogP) is 1.23. The molecule has 0 bridgehead atoms. The Labute approximate surface area is 140 Å². The SMILES string of the molecule is COC(=O)c1cc2c(nc1C1=NC(C)(C(C)C)C(=O)N1)CCOC2. The average molecular weight is 331 g/mol. The van der Waals surface area contributed by atoms with Gasteiger partial charge < -0.3 is 14.8 Å². The van der Waals surface area contributed by atoms with E-state index in [1.165, 1.54) is 7.11 Å². The first-order valence-electron chi connectivity index (χ1n) is 7.97. The van der Waals surface area contributed by atoms with Crippen LogP contribution >= 0.6 is 0 Å². The van der Waals surface area contributed by atoms with Crippen LogP contribution in [0.25, 0.3) is 0 Å². The average Bonchev–Trinajstić information content (AvgIpc) is 2.89. The zero-order valence-corrected chi connectivity index (χ0v) is 14.3. The summed E-state index contributed by atoms with van der Waals surface area (Å²) in [5.74, 6) is -0.361. The molecule has 0 saturated heterocycles. The van der Waals surface area contributed by atoms with Gasteiger partial charge in [0, 0.05) is 17.7 Å². The van der Waals surface area contributed by atoms with Gasteiger partial charge in [-0.15, -0.1) is 0 Å². The van der Waals surface area contributed by atoms with Crippen LogP contribution in [0.1, 0.15) is 48.1 Å². The monoisotopic (exact) mass is 331 g/mol. The number of ether oxygens (including phenoxy) is 2. The fourth-order valence-electron chi connectivity index (χ4n) is 2.78. The second-order valence-corrected chi connectivity index (χ2v) is 6.50. The van der Waals surface area contributed by atoms with Crippen molar-refractivity contribution in [2.45, 2.75) is 39.3 Å². The molecule has 3 rings (SSSR count). The highest BCUT2D eigenvalue weighted by Crippen LogP contribution is 2.28. The normalized spacial score (nSPS) is 22.9. The second-order valence-electron chi connectivity index (χ2n) is 6.50. The number of fused-ring (bicyclic) bond motifs is 1. The van der Waals surface area contributed by atoms with Gasteiger partial charge >= 0.3 is 5.97 Å². The number of pyridine rings is 1. The molecular weight excluding hydrogens is 310 g/mol. The summed E-state index contributed by atoms with van der Waals surface area (Å²) in [6.45, 7) is 6.65. The summed E-state index contributed by atoms with van der Waals surface area (Å²) in [5.41, 5.74) is 1.50. The van der Waals surface area contributed by atoms with Crippen molar-refractivity contribution in [2.24, 2.45) is 10.9 Å². The maximum absolute atomic E-state index is 12.4. The number of esters is 1. The lowest BCUT2D eigenvalue weighted by molar-refractivity contribution is -0.124. The maximum atomic E-state index is 12.4. The first-order chi connectivity index (χ1) is 11.4. The molecular formula is C17H21N3O4. The summed E-state index contributed by atoms with van der Waals surface area (Å²) in [4.78, 5) is 33.7. The van der Waals surface area contributed by atoms with Crippen molar-refractivity contribution < 1.29 is 19.1 Å². The van der Waals surface area contributed by atoms with E-state index in [1.807, 2.05) is 13.8 Å². The lowest BCUT2D eigenvalue weighted by atomic mass is 9.89. The number of nitrogens with one attached hydrogen (secondary N) is 1. The van der Waals surface area contributed by atoms with Gasteiger partial charge in [0.25, 0.3) is 5.91 Å². The zero-order valence-electron chi connectivity index (χ0n) is 14.3. The number of amides is 1. The fourth-order valence-corrected chi connectivity index (χ4v) is 2.78. The number of carbonyl (C=O) groups excluding carboxylic acids is 2. The fraction of sp³-hybridized carbons (Fsp3) is 0.529. The van der Waals surface area contributed by atoms with E-state index in [2.05, 4.69) is 15.3 Å². The summed E-state index contributed by atoms with van der Waals surface area (Å²) >= 11 is 0. The van der Waals surface area contributed by atoms with Gasteiger partial charge in [-0.25, -0.2) is 14.8 Å². The number of hydrogen-bond donors (Lipinski definition) is 1. The van der Waals surface area contributed by atoms with Crippen molar-refractivity contribution in [3.63, 3.8) is 0 Å². The van der Waals surface area contributed by atoms with E-state index in [4.69, 9.17) is 9.47 Å². The Kier molecular flexibility index (Phi) is 4.13. The van der Waals surface area contributed by atoms with Crippen LogP contribution in [-0.2, 0) is 27.3 Å². The van der Waals surface area contributed by atoms with Crippen molar-refractivity contribution in [2.75, 3.05) is 13.7 Å². The van der Waals surface area contributed by atoms with Crippen LogP contribution in [-0.4, -0.2) is 42.0 Å². The molecule has 1 aromatic heterocycles. The van der Waals surface area contributed by atoms with Crippen molar-refractivity contribution in [3.05, 3.63) is 28.6 Å². The molecule has 0 saturated carbocycles. The molecule has 1 N–H and O–H groups in total. The Morgan fingerprint density at radius 3 is 2.83 bits per heavy atom. The summed E-state index contributed by atoms with van der Waals surface area (Å²) in [5, 5.41) is 2.78. The molecule has 1 atom stereocenters. The molecule has 0 spiro atoms. The van der Waals surface area contributed by atoms with Crippen LogP contribution in [0.15, 0.2) is 11.1 Å². The van der Waals surface area contributed by atoms with Crippen molar-refractivity contribution in [1.29, 1.82) is 0 Å². The first-order valence-corrected chi connectivity index (χ1v) is 7.97. The lowest BCUT2D eigenvalue weighted by Gasteiger charge is -2.21. The first kappa shape index (κ1) is 16.6. The predicted molar refractivity (Wildman–Crippen MR) is 86.9 cm³/mol.